The van der Waals surface area contributed by atoms with E-state index in [1.54, 1.807) is 0 Å². The van der Waals surface area contributed by atoms with Crippen LogP contribution in [0.2, 0.25) is 0 Å². The summed E-state index contributed by atoms with van der Waals surface area (Å²) in [5, 5.41) is 1.44. The van der Waals surface area contributed by atoms with Crippen LogP contribution in [0, 0.1) is 6.92 Å². The van der Waals surface area contributed by atoms with Gasteiger partial charge in [-0.25, -0.2) is 5.06 Å². The van der Waals surface area contributed by atoms with E-state index >= 15 is 0 Å². The summed E-state index contributed by atoms with van der Waals surface area (Å²) in [5.74, 6) is -0.0497. The van der Waals surface area contributed by atoms with E-state index in [9.17, 15) is 4.79 Å². The van der Waals surface area contributed by atoms with E-state index in [4.69, 9.17) is 4.84 Å². The van der Waals surface area contributed by atoms with Gasteiger partial charge in [-0.3, -0.25) is 9.63 Å². The van der Waals surface area contributed by atoms with Crippen LogP contribution >= 0.6 is 15.9 Å². The molecule has 1 aromatic carbocycles. The number of hydrogen-bond donors (Lipinski definition) is 0. The molecule has 1 fully saturated rings. The molecule has 0 unspecified atom stereocenters. The largest absolute Gasteiger partial charge is 0.277 e. The number of hydrogen-bond acceptors (Lipinski definition) is 2. The highest BCUT2D eigenvalue weighted by Gasteiger charge is 2.22. The highest BCUT2D eigenvalue weighted by atomic mass is 79.9. The second kappa shape index (κ2) is 4.33. The number of amides is 1. The van der Waals surface area contributed by atoms with Gasteiger partial charge < -0.3 is 0 Å². The van der Waals surface area contributed by atoms with Crippen LogP contribution in [0.15, 0.2) is 22.7 Å². The predicted molar refractivity (Wildman–Crippen MR) is 60.5 cm³/mol. The Morgan fingerprint density at radius 3 is 3.00 bits per heavy atom. The highest BCUT2D eigenvalue weighted by Crippen LogP contribution is 2.19. The van der Waals surface area contributed by atoms with E-state index in [-0.39, 0.29) is 5.91 Å². The van der Waals surface area contributed by atoms with Crippen molar-refractivity contribution < 1.29 is 9.63 Å². The molecule has 0 atom stereocenters. The third-order valence-corrected chi connectivity index (χ3v) is 2.90. The van der Waals surface area contributed by atoms with Gasteiger partial charge in [-0.05, 0) is 31.0 Å². The minimum absolute atomic E-state index is 0.0497. The quantitative estimate of drug-likeness (QED) is 0.784. The van der Waals surface area contributed by atoms with Crippen LogP contribution in [-0.2, 0) is 4.84 Å². The van der Waals surface area contributed by atoms with Crippen molar-refractivity contribution in [1.82, 2.24) is 5.06 Å². The molecule has 1 heterocycles. The molecule has 15 heavy (non-hydrogen) atoms. The molecule has 1 aliphatic heterocycles. The molecule has 0 radical (unpaired) electrons. The van der Waals surface area contributed by atoms with Gasteiger partial charge in [0.05, 0.1) is 13.2 Å². The first-order valence-corrected chi connectivity index (χ1v) is 5.69. The van der Waals surface area contributed by atoms with Crippen LogP contribution in [0.3, 0.4) is 0 Å². The summed E-state index contributed by atoms with van der Waals surface area (Å²) < 4.78 is 0.913. The van der Waals surface area contributed by atoms with Crippen molar-refractivity contribution >= 4 is 21.8 Å². The molecule has 1 aromatic rings. The molecule has 3 nitrogen and oxygen atoms in total. The van der Waals surface area contributed by atoms with Crippen molar-refractivity contribution in [1.29, 1.82) is 0 Å². The number of benzene rings is 1. The Bertz CT molecular complexity index is 386. The van der Waals surface area contributed by atoms with E-state index in [1.165, 1.54) is 5.06 Å². The fourth-order valence-corrected chi connectivity index (χ4v) is 1.93. The molecule has 2 rings (SSSR count). The number of aryl methyl sites for hydroxylation is 1. The van der Waals surface area contributed by atoms with E-state index in [0.29, 0.717) is 18.7 Å². The fourth-order valence-electron chi connectivity index (χ4n) is 1.57. The molecule has 0 saturated carbocycles. The van der Waals surface area contributed by atoms with Gasteiger partial charge in [-0.15, -0.1) is 0 Å². The van der Waals surface area contributed by atoms with Crippen LogP contribution in [0.5, 0.6) is 0 Å². The van der Waals surface area contributed by atoms with Crippen molar-refractivity contribution in [2.45, 2.75) is 13.3 Å². The van der Waals surface area contributed by atoms with Crippen molar-refractivity contribution in [2.24, 2.45) is 0 Å². The van der Waals surface area contributed by atoms with Gasteiger partial charge in [-0.1, -0.05) is 22.0 Å². The van der Waals surface area contributed by atoms with Crippen LogP contribution in [0.25, 0.3) is 0 Å². The Labute approximate surface area is 97.1 Å². The first-order chi connectivity index (χ1) is 7.18. The second-order valence-corrected chi connectivity index (χ2v) is 4.47. The van der Waals surface area contributed by atoms with Crippen molar-refractivity contribution in [2.75, 3.05) is 13.2 Å². The third kappa shape index (κ3) is 2.21. The first-order valence-electron chi connectivity index (χ1n) is 4.89. The van der Waals surface area contributed by atoms with Crippen LogP contribution in [-0.4, -0.2) is 24.1 Å². The Morgan fingerprint density at radius 1 is 1.53 bits per heavy atom. The molecule has 0 aromatic heterocycles. The lowest BCUT2D eigenvalue weighted by Gasteiger charge is -2.15. The number of carbonyl (C=O) groups is 1. The smallest absolute Gasteiger partial charge is 0.271 e. The minimum Gasteiger partial charge on any atom is -0.271 e. The van der Waals surface area contributed by atoms with Gasteiger partial charge in [0.1, 0.15) is 0 Å². The van der Waals surface area contributed by atoms with Crippen molar-refractivity contribution in [3.8, 4) is 0 Å². The molecule has 0 aliphatic carbocycles. The maximum absolute atomic E-state index is 12.0. The summed E-state index contributed by atoms with van der Waals surface area (Å²) in [5.41, 5.74) is 1.67. The number of nitrogens with zero attached hydrogens (tertiary/aromatic N) is 1. The van der Waals surface area contributed by atoms with Gasteiger partial charge in [-0.2, -0.15) is 0 Å². The first kappa shape index (κ1) is 10.6. The van der Waals surface area contributed by atoms with Crippen molar-refractivity contribution in [3.05, 3.63) is 33.8 Å². The minimum atomic E-state index is -0.0497. The Balaban J connectivity index is 2.27. The zero-order valence-corrected chi connectivity index (χ0v) is 10.1. The lowest BCUT2D eigenvalue weighted by atomic mass is 10.1. The molecule has 1 saturated heterocycles. The van der Waals surface area contributed by atoms with Gasteiger partial charge in [0.25, 0.3) is 5.91 Å². The molecule has 0 bridgehead atoms. The topological polar surface area (TPSA) is 29.5 Å². The van der Waals surface area contributed by atoms with Gasteiger partial charge >= 0.3 is 0 Å². The summed E-state index contributed by atoms with van der Waals surface area (Å²) in [6, 6.07) is 5.68. The van der Waals surface area contributed by atoms with Gasteiger partial charge in [0.2, 0.25) is 0 Å². The van der Waals surface area contributed by atoms with Crippen LogP contribution < -0.4 is 0 Å². The summed E-state index contributed by atoms with van der Waals surface area (Å²) in [6.07, 6.45) is 0.915. The molecular weight excluding hydrogens is 258 g/mol. The number of halogens is 1. The number of rotatable bonds is 1. The lowest BCUT2D eigenvalue weighted by molar-refractivity contribution is -0.0768. The molecule has 4 heteroatoms. The summed E-state index contributed by atoms with van der Waals surface area (Å²) >= 11 is 3.36. The maximum atomic E-state index is 12.0. The molecular formula is C11H12BrNO2. The molecule has 1 amide bonds. The van der Waals surface area contributed by atoms with E-state index in [0.717, 1.165) is 16.5 Å². The monoisotopic (exact) mass is 269 g/mol. The molecule has 80 valence electrons. The Hall–Kier alpha value is -0.870. The second-order valence-electron chi connectivity index (χ2n) is 3.55. The van der Waals surface area contributed by atoms with Crippen LogP contribution in [0.4, 0.5) is 0 Å². The number of carbonyl (C=O) groups excluding carboxylic acids is 1. The highest BCUT2D eigenvalue weighted by molar-refractivity contribution is 9.10. The zero-order valence-electron chi connectivity index (χ0n) is 8.50. The summed E-state index contributed by atoms with van der Waals surface area (Å²) in [6.45, 7) is 3.25. The normalized spacial score (nSPS) is 15.7. The summed E-state index contributed by atoms with van der Waals surface area (Å²) in [4.78, 5) is 17.2. The van der Waals surface area contributed by atoms with Crippen LogP contribution in [0.1, 0.15) is 22.3 Å². The Kier molecular flexibility index (Phi) is 3.07. The van der Waals surface area contributed by atoms with Crippen molar-refractivity contribution in [3.63, 3.8) is 0 Å². The standard InChI is InChI=1S/C11H12BrNO2/c1-8-3-4-9(12)7-10(8)11(14)13-5-2-6-15-13/h3-4,7H,2,5-6H2,1H3. The number of hydroxylamine groups is 2. The molecule has 0 N–H and O–H groups in total. The van der Waals surface area contributed by atoms with Gasteiger partial charge in [0.15, 0.2) is 0 Å². The zero-order chi connectivity index (χ0) is 10.8. The average Bonchev–Trinajstić information content (AvgIpc) is 2.74. The fraction of sp³-hybridized carbons (Fsp3) is 0.364. The maximum Gasteiger partial charge on any atom is 0.277 e. The average molecular weight is 270 g/mol. The van der Waals surface area contributed by atoms with Gasteiger partial charge in [0, 0.05) is 10.0 Å². The SMILES string of the molecule is Cc1ccc(Br)cc1C(=O)N1CCCO1. The third-order valence-electron chi connectivity index (χ3n) is 2.41. The lowest BCUT2D eigenvalue weighted by Crippen LogP contribution is -2.27. The van der Waals surface area contributed by atoms with E-state index in [1.807, 2.05) is 25.1 Å². The molecule has 1 aliphatic rings. The molecule has 0 spiro atoms. The Morgan fingerprint density at radius 2 is 2.33 bits per heavy atom. The summed E-state index contributed by atoms with van der Waals surface area (Å²) in [7, 11) is 0. The predicted octanol–water partition coefficient (Wildman–Crippen LogP) is 2.54. The van der Waals surface area contributed by atoms with E-state index < -0.39 is 0 Å². The van der Waals surface area contributed by atoms with E-state index in [2.05, 4.69) is 15.9 Å².